The van der Waals surface area contributed by atoms with E-state index in [0.29, 0.717) is 11.4 Å². The number of nitrogens with one attached hydrogen (secondary N) is 2. The lowest BCUT2D eigenvalue weighted by Crippen LogP contribution is -2.22. The summed E-state index contributed by atoms with van der Waals surface area (Å²) in [5, 5.41) is 13.7. The molecule has 0 heterocycles. The van der Waals surface area contributed by atoms with E-state index in [1.807, 2.05) is 6.07 Å². The van der Waals surface area contributed by atoms with Crippen LogP contribution < -0.4 is 16.4 Å². The zero-order valence-corrected chi connectivity index (χ0v) is 14.9. The fourth-order valence-electron chi connectivity index (χ4n) is 2.07. The van der Waals surface area contributed by atoms with Gasteiger partial charge in [-0.1, -0.05) is 18.2 Å². The Morgan fingerprint density at radius 2 is 1.89 bits per heavy atom. The van der Waals surface area contributed by atoms with Crippen molar-refractivity contribution in [2.24, 2.45) is 5.73 Å². The minimum Gasteiger partial charge on any atom is -0.452 e. The third-order valence-corrected chi connectivity index (χ3v) is 4.09. The molecule has 0 unspecified atom stereocenters. The Kier molecular flexibility index (Phi) is 7.22. The summed E-state index contributed by atoms with van der Waals surface area (Å²) in [6.45, 7) is -0.483. The molecule has 2 aromatic rings. The maximum absolute atomic E-state index is 12.1. The number of urea groups is 1. The molecule has 2 aromatic carbocycles. The zero-order chi connectivity index (χ0) is 19.6. The molecule has 0 aliphatic rings. The van der Waals surface area contributed by atoms with Crippen LogP contribution in [0.5, 0.6) is 0 Å². The number of anilines is 2. The number of hydrogen-bond donors (Lipinski definition) is 3. The number of esters is 1. The highest BCUT2D eigenvalue weighted by Gasteiger charge is 2.12. The second-order valence-corrected chi connectivity index (χ2v) is 6.15. The minimum absolute atomic E-state index is 0.166. The van der Waals surface area contributed by atoms with Gasteiger partial charge in [0.1, 0.15) is 0 Å². The number of carbonyl (C=O) groups excluding carboxylic acids is 3. The first-order valence-electron chi connectivity index (χ1n) is 7.72. The van der Waals surface area contributed by atoms with Crippen molar-refractivity contribution in [1.82, 2.24) is 0 Å². The third-order valence-electron chi connectivity index (χ3n) is 3.15. The largest absolute Gasteiger partial charge is 0.452 e. The first-order valence-corrected chi connectivity index (χ1v) is 8.70. The smallest absolute Gasteiger partial charge is 0.338 e. The van der Waals surface area contributed by atoms with Crippen LogP contribution in [0.25, 0.3) is 0 Å². The maximum Gasteiger partial charge on any atom is 0.338 e. The van der Waals surface area contributed by atoms with Crippen LogP contribution in [0.3, 0.4) is 0 Å². The molecule has 0 radical (unpaired) electrons. The van der Waals surface area contributed by atoms with E-state index in [2.05, 4.69) is 10.6 Å². The molecule has 2 rings (SSSR count). The van der Waals surface area contributed by atoms with Crippen LogP contribution in [-0.4, -0.2) is 30.3 Å². The highest BCUT2D eigenvalue weighted by atomic mass is 32.2. The number of nitrogens with two attached hydrogens (primary N) is 1. The van der Waals surface area contributed by atoms with Gasteiger partial charge in [-0.2, -0.15) is 5.26 Å². The second kappa shape index (κ2) is 9.84. The van der Waals surface area contributed by atoms with Crippen molar-refractivity contribution < 1.29 is 19.1 Å². The number of hydrogen-bond acceptors (Lipinski definition) is 6. The van der Waals surface area contributed by atoms with E-state index < -0.39 is 24.5 Å². The maximum atomic E-state index is 12.1. The molecule has 0 aromatic heterocycles. The lowest BCUT2D eigenvalue weighted by Gasteiger charge is -2.10. The van der Waals surface area contributed by atoms with E-state index in [1.54, 1.807) is 36.4 Å². The van der Waals surface area contributed by atoms with Crippen LogP contribution in [0.2, 0.25) is 0 Å². The lowest BCUT2D eigenvalue weighted by atomic mass is 10.2. The molecule has 0 saturated carbocycles. The third kappa shape index (κ3) is 6.37. The van der Waals surface area contributed by atoms with Crippen LogP contribution in [0.4, 0.5) is 16.2 Å². The molecule has 4 N–H and O–H groups in total. The Morgan fingerprint density at radius 3 is 2.63 bits per heavy atom. The average Bonchev–Trinajstić information content (AvgIpc) is 2.65. The molecule has 27 heavy (non-hydrogen) atoms. The average molecular weight is 384 g/mol. The van der Waals surface area contributed by atoms with Gasteiger partial charge in [0.25, 0.3) is 5.91 Å². The summed E-state index contributed by atoms with van der Waals surface area (Å²) in [4.78, 5) is 35.7. The predicted octanol–water partition coefficient (Wildman–Crippen LogP) is 2.59. The second-order valence-electron chi connectivity index (χ2n) is 5.14. The van der Waals surface area contributed by atoms with Gasteiger partial charge in [0.05, 0.1) is 23.1 Å². The molecule has 9 heteroatoms. The van der Waals surface area contributed by atoms with Gasteiger partial charge in [-0.3, -0.25) is 4.79 Å². The number of primary amides is 1. The highest BCUT2D eigenvalue weighted by Crippen LogP contribution is 2.26. The number of rotatable bonds is 7. The van der Waals surface area contributed by atoms with Gasteiger partial charge in [0.15, 0.2) is 6.61 Å². The topological polar surface area (TPSA) is 134 Å². The highest BCUT2D eigenvalue weighted by molar-refractivity contribution is 7.99. The van der Waals surface area contributed by atoms with Crippen molar-refractivity contribution in [3.05, 3.63) is 54.1 Å². The van der Waals surface area contributed by atoms with Gasteiger partial charge in [0.2, 0.25) is 0 Å². The van der Waals surface area contributed by atoms with Gasteiger partial charge in [0, 0.05) is 10.6 Å². The fraction of sp³-hybridized carbons (Fsp3) is 0.111. The number of amides is 3. The van der Waals surface area contributed by atoms with E-state index in [-0.39, 0.29) is 11.3 Å². The summed E-state index contributed by atoms with van der Waals surface area (Å²) in [7, 11) is 0. The number of thioether (sulfide) groups is 1. The zero-order valence-electron chi connectivity index (χ0n) is 14.1. The number of para-hydroxylation sites is 1. The van der Waals surface area contributed by atoms with E-state index in [1.165, 1.54) is 23.9 Å². The van der Waals surface area contributed by atoms with Gasteiger partial charge < -0.3 is 21.1 Å². The van der Waals surface area contributed by atoms with Crippen LogP contribution >= 0.6 is 11.8 Å². The molecular weight excluding hydrogens is 368 g/mol. The molecule has 0 spiro atoms. The lowest BCUT2D eigenvalue weighted by molar-refractivity contribution is -0.119. The normalized spacial score (nSPS) is 9.74. The van der Waals surface area contributed by atoms with Gasteiger partial charge in [-0.05, 0) is 30.3 Å². The molecule has 8 nitrogen and oxygen atoms in total. The Balaban J connectivity index is 1.93. The Morgan fingerprint density at radius 1 is 1.11 bits per heavy atom. The summed E-state index contributed by atoms with van der Waals surface area (Å²) < 4.78 is 4.99. The number of nitriles is 1. The number of carbonyl (C=O) groups is 3. The van der Waals surface area contributed by atoms with Gasteiger partial charge in [-0.25, -0.2) is 9.59 Å². The molecule has 0 aliphatic carbocycles. The first kappa shape index (κ1) is 19.8. The van der Waals surface area contributed by atoms with E-state index in [9.17, 15) is 14.4 Å². The van der Waals surface area contributed by atoms with Crippen LogP contribution in [0, 0.1) is 11.3 Å². The van der Waals surface area contributed by atoms with Crippen molar-refractivity contribution in [3.8, 4) is 6.07 Å². The minimum atomic E-state index is -0.757. The van der Waals surface area contributed by atoms with Crippen molar-refractivity contribution >= 4 is 41.0 Å². The molecule has 0 saturated heterocycles. The Labute approximate surface area is 159 Å². The molecule has 0 fully saturated rings. The molecule has 138 valence electrons. The molecule has 3 amide bonds. The van der Waals surface area contributed by atoms with E-state index in [4.69, 9.17) is 15.7 Å². The summed E-state index contributed by atoms with van der Waals surface area (Å²) in [5.74, 6) is -0.984. The van der Waals surface area contributed by atoms with Crippen LogP contribution in [0.15, 0.2) is 53.4 Å². The first-order chi connectivity index (χ1) is 13.0. The standard InChI is InChI=1S/C18H16N4O4S/c19-8-9-27-15-7-2-1-6-14(15)22-16(23)11-26-17(24)12-4-3-5-13(10-12)21-18(20)25/h1-7,10H,9,11H2,(H,22,23)(H3,20,21,25). The van der Waals surface area contributed by atoms with Crippen molar-refractivity contribution in [2.75, 3.05) is 23.0 Å². The van der Waals surface area contributed by atoms with Crippen LogP contribution in [-0.2, 0) is 9.53 Å². The van der Waals surface area contributed by atoms with Crippen molar-refractivity contribution in [2.45, 2.75) is 4.90 Å². The Bertz CT molecular complexity index is 895. The number of benzene rings is 2. The summed E-state index contributed by atoms with van der Waals surface area (Å²) >= 11 is 1.29. The van der Waals surface area contributed by atoms with Crippen molar-refractivity contribution in [1.29, 1.82) is 5.26 Å². The predicted molar refractivity (Wildman–Crippen MR) is 101 cm³/mol. The summed E-state index contributed by atoms with van der Waals surface area (Å²) in [6.07, 6.45) is 0. The Hall–Kier alpha value is -3.51. The van der Waals surface area contributed by atoms with Gasteiger partial charge >= 0.3 is 12.0 Å². The quantitative estimate of drug-likeness (QED) is 0.496. The van der Waals surface area contributed by atoms with Crippen LogP contribution in [0.1, 0.15) is 10.4 Å². The molecule has 0 aliphatic heterocycles. The SMILES string of the molecule is N#CCSc1ccccc1NC(=O)COC(=O)c1cccc(NC(N)=O)c1. The molecular formula is C18H16N4O4S. The molecule has 0 bridgehead atoms. The monoisotopic (exact) mass is 384 g/mol. The van der Waals surface area contributed by atoms with E-state index in [0.717, 1.165) is 4.90 Å². The number of nitrogens with zero attached hydrogens (tertiary/aromatic N) is 1. The fourth-order valence-corrected chi connectivity index (χ4v) is 2.74. The summed E-state index contributed by atoms with van der Waals surface area (Å²) in [5.41, 5.74) is 6.06. The molecule has 0 atom stereocenters. The van der Waals surface area contributed by atoms with Crippen molar-refractivity contribution in [3.63, 3.8) is 0 Å². The van der Waals surface area contributed by atoms with Gasteiger partial charge in [-0.15, -0.1) is 11.8 Å². The number of ether oxygens (including phenoxy) is 1. The summed E-state index contributed by atoms with van der Waals surface area (Å²) in [6, 6.07) is 14.3. The van der Waals surface area contributed by atoms with E-state index >= 15 is 0 Å².